The number of benzene rings is 2. The van der Waals surface area contributed by atoms with E-state index >= 15 is 0 Å². The molecule has 1 N–H and O–H groups in total. The molecule has 0 atom stereocenters. The van der Waals surface area contributed by atoms with Gasteiger partial charge in [0.05, 0.1) is 14.2 Å². The molecule has 7 heteroatoms. The zero-order chi connectivity index (χ0) is 18.4. The van der Waals surface area contributed by atoms with Crippen molar-refractivity contribution in [1.82, 2.24) is 0 Å². The number of hydrogen-bond donors (Lipinski definition) is 1. The molecule has 2 aromatic carbocycles. The van der Waals surface area contributed by atoms with Crippen molar-refractivity contribution in [2.24, 2.45) is 0 Å². The molecule has 1 amide bonds. The molecule has 0 saturated carbocycles. The third kappa shape index (κ3) is 5.15. The van der Waals surface area contributed by atoms with Crippen LogP contribution in [-0.2, 0) is 4.79 Å². The summed E-state index contributed by atoms with van der Waals surface area (Å²) in [6.45, 7) is 0. The van der Waals surface area contributed by atoms with Crippen molar-refractivity contribution in [1.29, 1.82) is 5.26 Å². The van der Waals surface area contributed by atoms with E-state index in [0.717, 1.165) is 0 Å². The van der Waals surface area contributed by atoms with Crippen molar-refractivity contribution >= 4 is 40.9 Å². The highest BCUT2D eigenvalue weighted by Gasteiger charge is 2.11. The van der Waals surface area contributed by atoms with Crippen molar-refractivity contribution in [3.8, 4) is 17.6 Å². The highest BCUT2D eigenvalue weighted by atomic mass is 35.5. The zero-order valence-corrected chi connectivity index (χ0v) is 15.0. The first-order valence-electron chi connectivity index (χ1n) is 7.07. The van der Waals surface area contributed by atoms with E-state index < -0.39 is 5.91 Å². The van der Waals surface area contributed by atoms with Gasteiger partial charge in [-0.05, 0) is 42.0 Å². The molecule has 0 aliphatic rings. The summed E-state index contributed by atoms with van der Waals surface area (Å²) in [5, 5.41) is 12.7. The van der Waals surface area contributed by atoms with Crippen LogP contribution >= 0.6 is 23.2 Å². The van der Waals surface area contributed by atoms with Gasteiger partial charge in [-0.25, -0.2) is 0 Å². The molecule has 0 radical (unpaired) electrons. The lowest BCUT2D eigenvalue weighted by atomic mass is 10.1. The molecule has 0 aromatic heterocycles. The summed E-state index contributed by atoms with van der Waals surface area (Å²) in [5.74, 6) is 0.512. The lowest BCUT2D eigenvalue weighted by Crippen LogP contribution is -2.13. The maximum absolute atomic E-state index is 12.3. The van der Waals surface area contributed by atoms with E-state index in [4.69, 9.17) is 32.7 Å². The number of carbonyl (C=O) groups is 1. The molecule has 0 unspecified atom stereocenters. The molecule has 0 spiro atoms. The predicted octanol–water partition coefficient (Wildman–Crippen LogP) is 4.56. The van der Waals surface area contributed by atoms with E-state index in [0.29, 0.717) is 32.8 Å². The van der Waals surface area contributed by atoms with Gasteiger partial charge in [-0.2, -0.15) is 5.26 Å². The topological polar surface area (TPSA) is 71.3 Å². The number of nitrogens with one attached hydrogen (secondary N) is 1. The number of carbonyl (C=O) groups excluding carboxylic acids is 1. The lowest BCUT2D eigenvalue weighted by Gasteiger charge is -2.07. The summed E-state index contributed by atoms with van der Waals surface area (Å²) in [6, 6.07) is 11.6. The second-order valence-electron chi connectivity index (χ2n) is 4.93. The van der Waals surface area contributed by atoms with Crippen LogP contribution in [0.5, 0.6) is 11.5 Å². The van der Waals surface area contributed by atoms with Crippen LogP contribution in [0.15, 0.2) is 42.0 Å². The van der Waals surface area contributed by atoms with E-state index in [2.05, 4.69) is 5.32 Å². The van der Waals surface area contributed by atoms with Crippen LogP contribution in [0.3, 0.4) is 0 Å². The van der Waals surface area contributed by atoms with Crippen LogP contribution in [0.25, 0.3) is 6.08 Å². The third-order valence-corrected chi connectivity index (χ3v) is 3.61. The van der Waals surface area contributed by atoms with E-state index in [1.54, 1.807) is 24.3 Å². The van der Waals surface area contributed by atoms with Crippen LogP contribution in [0.4, 0.5) is 5.69 Å². The van der Waals surface area contributed by atoms with Gasteiger partial charge >= 0.3 is 0 Å². The second kappa shape index (κ2) is 8.43. The summed E-state index contributed by atoms with van der Waals surface area (Å²) < 4.78 is 10.3. The first-order chi connectivity index (χ1) is 11.9. The number of methoxy groups -OCH3 is 2. The number of anilines is 1. The number of nitrogens with zero attached hydrogens (tertiary/aromatic N) is 1. The molecule has 25 heavy (non-hydrogen) atoms. The summed E-state index contributed by atoms with van der Waals surface area (Å²) in [7, 11) is 3.03. The largest absolute Gasteiger partial charge is 0.497 e. The molecular weight excluding hydrogens is 363 g/mol. The molecule has 128 valence electrons. The van der Waals surface area contributed by atoms with Crippen LogP contribution in [-0.4, -0.2) is 20.1 Å². The van der Waals surface area contributed by atoms with Gasteiger partial charge in [0.1, 0.15) is 23.1 Å². The Morgan fingerprint density at radius 2 is 1.60 bits per heavy atom. The van der Waals surface area contributed by atoms with Gasteiger partial charge in [0.15, 0.2) is 0 Å². The molecular formula is C18H14Cl2N2O3. The molecule has 0 saturated heterocycles. The Balaban J connectivity index is 2.30. The Bertz CT molecular complexity index is 831. The number of rotatable bonds is 5. The zero-order valence-electron chi connectivity index (χ0n) is 13.5. The molecule has 0 aliphatic carbocycles. The number of hydrogen-bond acceptors (Lipinski definition) is 4. The first-order valence-corrected chi connectivity index (χ1v) is 7.83. The van der Waals surface area contributed by atoms with Gasteiger partial charge in [0.25, 0.3) is 5.91 Å². The predicted molar refractivity (Wildman–Crippen MR) is 98.2 cm³/mol. The lowest BCUT2D eigenvalue weighted by molar-refractivity contribution is -0.112. The molecule has 2 aromatic rings. The minimum atomic E-state index is -0.581. The van der Waals surface area contributed by atoms with Crippen molar-refractivity contribution in [2.75, 3.05) is 19.5 Å². The molecule has 5 nitrogen and oxygen atoms in total. The molecule has 0 fully saturated rings. The molecule has 2 rings (SSSR count). The van der Waals surface area contributed by atoms with Crippen LogP contribution in [0.2, 0.25) is 10.0 Å². The number of halogens is 2. The SMILES string of the molecule is COc1cc(C=C(C#N)C(=O)Nc2cc(Cl)cc(Cl)c2)cc(OC)c1. The number of nitriles is 1. The van der Waals surface area contributed by atoms with Gasteiger partial charge in [0, 0.05) is 21.8 Å². The monoisotopic (exact) mass is 376 g/mol. The Kier molecular flexibility index (Phi) is 6.29. The van der Waals surface area contributed by atoms with Gasteiger partial charge in [-0.3, -0.25) is 4.79 Å². The molecule has 0 heterocycles. The average molecular weight is 377 g/mol. The summed E-state index contributed by atoms with van der Waals surface area (Å²) in [5.41, 5.74) is 0.894. The van der Waals surface area contributed by atoms with Crippen molar-refractivity contribution in [3.63, 3.8) is 0 Å². The van der Waals surface area contributed by atoms with E-state index in [1.807, 2.05) is 6.07 Å². The fourth-order valence-electron chi connectivity index (χ4n) is 2.05. The highest BCUT2D eigenvalue weighted by Crippen LogP contribution is 2.25. The molecule has 0 bridgehead atoms. The number of ether oxygens (including phenoxy) is 2. The Morgan fingerprint density at radius 1 is 1.04 bits per heavy atom. The quantitative estimate of drug-likeness (QED) is 0.613. The maximum Gasteiger partial charge on any atom is 0.266 e. The normalized spacial score (nSPS) is 10.8. The summed E-state index contributed by atoms with van der Waals surface area (Å²) in [6.07, 6.45) is 1.44. The Morgan fingerprint density at radius 3 is 2.08 bits per heavy atom. The van der Waals surface area contributed by atoms with E-state index in [-0.39, 0.29) is 5.57 Å². The molecule has 0 aliphatic heterocycles. The Labute approximate surface area is 155 Å². The summed E-state index contributed by atoms with van der Waals surface area (Å²) in [4.78, 5) is 12.3. The van der Waals surface area contributed by atoms with Crippen molar-refractivity contribution in [2.45, 2.75) is 0 Å². The fourth-order valence-corrected chi connectivity index (χ4v) is 2.58. The van der Waals surface area contributed by atoms with E-state index in [1.165, 1.54) is 32.4 Å². The average Bonchev–Trinajstić information content (AvgIpc) is 2.58. The smallest absolute Gasteiger partial charge is 0.266 e. The van der Waals surface area contributed by atoms with Gasteiger partial charge in [-0.15, -0.1) is 0 Å². The first kappa shape index (κ1) is 18.7. The number of amides is 1. The minimum absolute atomic E-state index is 0.0913. The fraction of sp³-hybridized carbons (Fsp3) is 0.111. The van der Waals surface area contributed by atoms with Gasteiger partial charge < -0.3 is 14.8 Å². The standard InChI is InChI=1S/C18H14Cl2N2O3/c1-24-16-4-11(5-17(9-16)25-2)3-12(10-21)18(23)22-15-7-13(19)6-14(20)8-15/h3-9H,1-2H3,(H,22,23). The minimum Gasteiger partial charge on any atom is -0.497 e. The third-order valence-electron chi connectivity index (χ3n) is 3.17. The van der Waals surface area contributed by atoms with E-state index in [9.17, 15) is 10.1 Å². The van der Waals surface area contributed by atoms with Crippen molar-refractivity contribution in [3.05, 3.63) is 57.6 Å². The summed E-state index contributed by atoms with van der Waals surface area (Å²) >= 11 is 11.8. The van der Waals surface area contributed by atoms with Crippen LogP contribution in [0, 0.1) is 11.3 Å². The second-order valence-corrected chi connectivity index (χ2v) is 5.80. The van der Waals surface area contributed by atoms with Crippen molar-refractivity contribution < 1.29 is 14.3 Å². The van der Waals surface area contributed by atoms with Crippen LogP contribution < -0.4 is 14.8 Å². The Hall–Kier alpha value is -2.68. The van der Waals surface area contributed by atoms with Gasteiger partial charge in [-0.1, -0.05) is 23.2 Å². The highest BCUT2D eigenvalue weighted by molar-refractivity contribution is 6.35. The maximum atomic E-state index is 12.3. The van der Waals surface area contributed by atoms with Gasteiger partial charge in [0.2, 0.25) is 0 Å². The van der Waals surface area contributed by atoms with Crippen LogP contribution in [0.1, 0.15) is 5.56 Å².